The Morgan fingerprint density at radius 2 is 1.91 bits per heavy atom. The molecule has 1 fully saturated rings. The van der Waals surface area contributed by atoms with Crippen LogP contribution in [0.5, 0.6) is 11.5 Å². The minimum Gasteiger partial charge on any atom is -0.493 e. The van der Waals surface area contributed by atoms with Crippen LogP contribution in [0.2, 0.25) is 0 Å². The van der Waals surface area contributed by atoms with Crippen molar-refractivity contribution >= 4 is 11.9 Å². The second-order valence-electron chi connectivity index (χ2n) is 5.23. The molecule has 1 unspecified atom stereocenters. The molecule has 0 aromatic heterocycles. The summed E-state index contributed by atoms with van der Waals surface area (Å²) in [6.07, 6.45) is 2.28. The predicted octanol–water partition coefficient (Wildman–Crippen LogP) is 1.83. The number of carboxylic acids is 1. The maximum absolute atomic E-state index is 14.0. The number of carbonyl (C=O) groups excluding carboxylic acids is 1. The fourth-order valence-corrected chi connectivity index (χ4v) is 2.17. The number of aliphatic carboxylic acids is 1. The molecule has 1 aromatic carbocycles. The van der Waals surface area contributed by atoms with Crippen LogP contribution in [0.15, 0.2) is 12.1 Å². The summed E-state index contributed by atoms with van der Waals surface area (Å²) in [7, 11) is 2.72. The van der Waals surface area contributed by atoms with E-state index >= 15 is 0 Å². The van der Waals surface area contributed by atoms with E-state index in [1.54, 1.807) is 0 Å². The van der Waals surface area contributed by atoms with Crippen LogP contribution in [-0.4, -0.2) is 37.2 Å². The molecule has 0 radical (unpaired) electrons. The van der Waals surface area contributed by atoms with Gasteiger partial charge >= 0.3 is 5.97 Å². The van der Waals surface area contributed by atoms with Gasteiger partial charge in [-0.15, -0.1) is 0 Å². The van der Waals surface area contributed by atoms with Crippen LogP contribution >= 0.6 is 0 Å². The normalized spacial score (nSPS) is 15.0. The minimum atomic E-state index is -1.12. The summed E-state index contributed by atoms with van der Waals surface area (Å²) in [4.78, 5) is 23.3. The van der Waals surface area contributed by atoms with Crippen molar-refractivity contribution in [2.45, 2.75) is 25.3 Å². The number of carboxylic acid groups (broad SMARTS) is 1. The highest BCUT2D eigenvalue weighted by Gasteiger charge is 2.31. The van der Waals surface area contributed by atoms with Gasteiger partial charge < -0.3 is 19.9 Å². The summed E-state index contributed by atoms with van der Waals surface area (Å²) in [6.45, 7) is 0. The molecule has 1 saturated carbocycles. The number of ether oxygens (including phenoxy) is 2. The average molecular weight is 311 g/mol. The quantitative estimate of drug-likeness (QED) is 0.802. The molecular weight excluding hydrogens is 293 g/mol. The first kappa shape index (κ1) is 16.1. The molecule has 1 aliphatic rings. The summed E-state index contributed by atoms with van der Waals surface area (Å²) < 4.78 is 23.9. The van der Waals surface area contributed by atoms with E-state index in [2.05, 4.69) is 5.32 Å². The fraction of sp³-hybridized carbons (Fsp3) is 0.467. The molecule has 0 aliphatic heterocycles. The van der Waals surface area contributed by atoms with E-state index in [9.17, 15) is 14.0 Å². The molecule has 2 N–H and O–H groups in total. The number of hydrogen-bond donors (Lipinski definition) is 2. The molecule has 120 valence electrons. The fourth-order valence-electron chi connectivity index (χ4n) is 2.17. The van der Waals surface area contributed by atoms with Gasteiger partial charge in [0.15, 0.2) is 11.5 Å². The lowest BCUT2D eigenvalue weighted by Gasteiger charge is -2.15. The van der Waals surface area contributed by atoms with Crippen molar-refractivity contribution in [3.05, 3.63) is 23.5 Å². The first-order valence-corrected chi connectivity index (χ1v) is 6.91. The standard InChI is InChI=1S/C15H18FNO5/c1-21-12-6-9(10(16)7-13(12)22-2)14(18)17-11(15(19)20)5-8-3-4-8/h6-8,11H,3-5H2,1-2H3,(H,17,18)(H,19,20). The molecule has 1 aromatic rings. The molecule has 6 nitrogen and oxygen atoms in total. The Bertz CT molecular complexity index is 586. The van der Waals surface area contributed by atoms with Crippen molar-refractivity contribution in [3.63, 3.8) is 0 Å². The number of halogens is 1. The maximum atomic E-state index is 14.0. The predicted molar refractivity (Wildman–Crippen MR) is 75.7 cm³/mol. The number of hydrogen-bond acceptors (Lipinski definition) is 4. The largest absolute Gasteiger partial charge is 0.493 e. The third-order valence-electron chi connectivity index (χ3n) is 3.59. The number of rotatable bonds is 7. The van der Waals surface area contributed by atoms with Gasteiger partial charge in [-0.05, 0) is 18.4 Å². The molecule has 7 heteroatoms. The lowest BCUT2D eigenvalue weighted by molar-refractivity contribution is -0.139. The van der Waals surface area contributed by atoms with Crippen molar-refractivity contribution in [2.75, 3.05) is 14.2 Å². The van der Waals surface area contributed by atoms with Gasteiger partial charge in [-0.1, -0.05) is 12.8 Å². The van der Waals surface area contributed by atoms with Crippen molar-refractivity contribution in [2.24, 2.45) is 5.92 Å². The zero-order chi connectivity index (χ0) is 16.3. The van der Waals surface area contributed by atoms with E-state index in [0.29, 0.717) is 12.3 Å². The third-order valence-corrected chi connectivity index (χ3v) is 3.59. The van der Waals surface area contributed by atoms with E-state index in [4.69, 9.17) is 14.6 Å². The first-order valence-electron chi connectivity index (χ1n) is 6.91. The van der Waals surface area contributed by atoms with Gasteiger partial charge in [0.05, 0.1) is 19.8 Å². The molecule has 0 saturated heterocycles. The highest BCUT2D eigenvalue weighted by atomic mass is 19.1. The zero-order valence-electron chi connectivity index (χ0n) is 12.4. The third kappa shape index (κ3) is 3.66. The average Bonchev–Trinajstić information content (AvgIpc) is 3.29. The molecule has 0 spiro atoms. The Kier molecular flexibility index (Phi) is 4.85. The molecule has 22 heavy (non-hydrogen) atoms. The van der Waals surface area contributed by atoms with Crippen molar-refractivity contribution in [3.8, 4) is 11.5 Å². The van der Waals surface area contributed by atoms with Gasteiger partial charge in [0.25, 0.3) is 5.91 Å². The van der Waals surface area contributed by atoms with E-state index in [1.807, 2.05) is 0 Å². The summed E-state index contributed by atoms with van der Waals surface area (Å²) >= 11 is 0. The van der Waals surface area contributed by atoms with E-state index in [0.717, 1.165) is 18.9 Å². The van der Waals surface area contributed by atoms with Crippen LogP contribution in [0.3, 0.4) is 0 Å². The van der Waals surface area contributed by atoms with Gasteiger partial charge in [0.1, 0.15) is 11.9 Å². The van der Waals surface area contributed by atoms with Crippen LogP contribution < -0.4 is 14.8 Å². The Labute approximate surface area is 127 Å². The van der Waals surface area contributed by atoms with Crippen molar-refractivity contribution in [1.29, 1.82) is 0 Å². The number of amides is 1. The Morgan fingerprint density at radius 3 is 2.41 bits per heavy atom. The van der Waals surface area contributed by atoms with Crippen LogP contribution in [0, 0.1) is 11.7 Å². The van der Waals surface area contributed by atoms with E-state index < -0.39 is 23.7 Å². The number of methoxy groups -OCH3 is 2. The van der Waals surface area contributed by atoms with Crippen molar-refractivity contribution < 1.29 is 28.6 Å². The smallest absolute Gasteiger partial charge is 0.326 e. The summed E-state index contributed by atoms with van der Waals surface area (Å²) in [5.74, 6) is -2.04. The van der Waals surface area contributed by atoms with Crippen LogP contribution in [0.25, 0.3) is 0 Å². The van der Waals surface area contributed by atoms with Gasteiger partial charge in [-0.3, -0.25) is 4.79 Å². The monoisotopic (exact) mass is 311 g/mol. The molecule has 1 aliphatic carbocycles. The van der Waals surface area contributed by atoms with Gasteiger partial charge in [-0.2, -0.15) is 0 Å². The first-order chi connectivity index (χ1) is 10.5. The molecular formula is C15H18FNO5. The molecule has 0 heterocycles. The second-order valence-corrected chi connectivity index (χ2v) is 5.23. The highest BCUT2D eigenvalue weighted by molar-refractivity contribution is 5.97. The number of nitrogens with one attached hydrogen (secondary N) is 1. The second kappa shape index (κ2) is 6.64. The zero-order valence-corrected chi connectivity index (χ0v) is 12.4. The summed E-state index contributed by atoms with van der Waals surface area (Å²) in [5, 5.41) is 11.5. The Morgan fingerprint density at radius 1 is 1.32 bits per heavy atom. The topological polar surface area (TPSA) is 84.9 Å². The van der Waals surface area contributed by atoms with E-state index in [-0.39, 0.29) is 17.1 Å². The molecule has 0 bridgehead atoms. The summed E-state index contributed by atoms with van der Waals surface area (Å²) in [6, 6.07) is 1.21. The maximum Gasteiger partial charge on any atom is 0.326 e. The Hall–Kier alpha value is -2.31. The Balaban J connectivity index is 2.18. The lowest BCUT2D eigenvalue weighted by atomic mass is 10.1. The minimum absolute atomic E-state index is 0.157. The van der Waals surface area contributed by atoms with Crippen LogP contribution in [-0.2, 0) is 4.79 Å². The van der Waals surface area contributed by atoms with Crippen LogP contribution in [0.4, 0.5) is 4.39 Å². The van der Waals surface area contributed by atoms with Gasteiger partial charge in [0.2, 0.25) is 0 Å². The molecule has 1 atom stereocenters. The van der Waals surface area contributed by atoms with Gasteiger partial charge in [0, 0.05) is 6.07 Å². The van der Waals surface area contributed by atoms with Crippen molar-refractivity contribution in [1.82, 2.24) is 5.32 Å². The SMILES string of the molecule is COc1cc(F)c(C(=O)NC(CC2CC2)C(=O)O)cc1OC. The molecule has 1 amide bonds. The number of carbonyl (C=O) groups is 2. The van der Waals surface area contributed by atoms with Crippen LogP contribution in [0.1, 0.15) is 29.6 Å². The van der Waals surface area contributed by atoms with E-state index in [1.165, 1.54) is 20.3 Å². The molecule has 2 rings (SSSR count). The van der Waals surface area contributed by atoms with Gasteiger partial charge in [-0.25, -0.2) is 9.18 Å². The summed E-state index contributed by atoms with van der Waals surface area (Å²) in [5.41, 5.74) is -0.278. The highest BCUT2D eigenvalue weighted by Crippen LogP contribution is 2.34. The number of benzene rings is 1. The lowest BCUT2D eigenvalue weighted by Crippen LogP contribution is -2.41.